The Balaban J connectivity index is 1.51. The number of hydrogen-bond acceptors (Lipinski definition) is 2. The number of carbonyl (C=O) groups is 1. The molecule has 1 aromatic heterocycles. The van der Waals surface area contributed by atoms with E-state index in [0.29, 0.717) is 19.6 Å². The van der Waals surface area contributed by atoms with E-state index in [1.807, 2.05) is 62.5 Å². The molecule has 130 valence electrons. The molecule has 0 radical (unpaired) electrons. The highest BCUT2D eigenvalue weighted by molar-refractivity contribution is 5.90. The fraction of sp³-hybridized carbons (Fsp3) is 0.286. The van der Waals surface area contributed by atoms with Crippen LogP contribution < -0.4 is 4.74 Å². The minimum atomic E-state index is 0.132. The number of ether oxygens (including phenoxy) is 1. The van der Waals surface area contributed by atoms with Gasteiger partial charge >= 0.3 is 0 Å². The lowest BCUT2D eigenvalue weighted by Gasteiger charge is -2.17. The van der Waals surface area contributed by atoms with Crippen LogP contribution in [0.3, 0.4) is 0 Å². The zero-order valence-electron chi connectivity index (χ0n) is 14.8. The van der Waals surface area contributed by atoms with E-state index < -0.39 is 0 Å². The molecule has 3 rings (SSSR count). The molecule has 3 aromatic rings. The van der Waals surface area contributed by atoms with Gasteiger partial charge in [-0.1, -0.05) is 36.4 Å². The summed E-state index contributed by atoms with van der Waals surface area (Å²) in [5.41, 5.74) is 3.24. The SMILES string of the molecule is Cc1[nH]c2ccccc2c1CC(=O)N(C)CCCOc1ccccc1. The zero-order valence-corrected chi connectivity index (χ0v) is 14.8. The van der Waals surface area contributed by atoms with Crippen molar-refractivity contribution in [1.82, 2.24) is 9.88 Å². The predicted molar refractivity (Wildman–Crippen MR) is 101 cm³/mol. The predicted octanol–water partition coefficient (Wildman–Crippen LogP) is 3.95. The molecule has 1 heterocycles. The third kappa shape index (κ3) is 4.21. The molecule has 0 aliphatic carbocycles. The number of nitrogens with zero attached hydrogens (tertiary/aromatic N) is 1. The quantitative estimate of drug-likeness (QED) is 0.664. The smallest absolute Gasteiger partial charge is 0.226 e. The van der Waals surface area contributed by atoms with Gasteiger partial charge in [0.25, 0.3) is 0 Å². The second kappa shape index (κ2) is 7.88. The normalized spacial score (nSPS) is 10.8. The molecule has 4 nitrogen and oxygen atoms in total. The van der Waals surface area contributed by atoms with Crippen LogP contribution in [0.1, 0.15) is 17.7 Å². The van der Waals surface area contributed by atoms with E-state index in [1.165, 1.54) is 0 Å². The first-order chi connectivity index (χ1) is 12.1. The maximum Gasteiger partial charge on any atom is 0.226 e. The second-order valence-corrected chi connectivity index (χ2v) is 6.28. The van der Waals surface area contributed by atoms with E-state index in [2.05, 4.69) is 11.1 Å². The van der Waals surface area contributed by atoms with Crippen LogP contribution in [0.4, 0.5) is 0 Å². The van der Waals surface area contributed by atoms with Crippen molar-refractivity contribution < 1.29 is 9.53 Å². The van der Waals surface area contributed by atoms with Crippen molar-refractivity contribution in [1.29, 1.82) is 0 Å². The largest absolute Gasteiger partial charge is 0.494 e. The Morgan fingerprint density at radius 1 is 1.08 bits per heavy atom. The van der Waals surface area contributed by atoms with E-state index >= 15 is 0 Å². The summed E-state index contributed by atoms with van der Waals surface area (Å²) in [5.74, 6) is 0.999. The molecular formula is C21H24N2O2. The van der Waals surface area contributed by atoms with Crippen LogP contribution in [0.25, 0.3) is 10.9 Å². The number of aryl methyl sites for hydroxylation is 1. The first-order valence-corrected chi connectivity index (χ1v) is 8.63. The third-order valence-electron chi connectivity index (χ3n) is 4.43. The van der Waals surface area contributed by atoms with E-state index in [-0.39, 0.29) is 5.91 Å². The van der Waals surface area contributed by atoms with Crippen molar-refractivity contribution >= 4 is 16.8 Å². The van der Waals surface area contributed by atoms with Crippen LogP contribution in [0.5, 0.6) is 5.75 Å². The summed E-state index contributed by atoms with van der Waals surface area (Å²) in [7, 11) is 1.86. The van der Waals surface area contributed by atoms with Gasteiger partial charge in [0.15, 0.2) is 0 Å². The van der Waals surface area contributed by atoms with Crippen molar-refractivity contribution in [2.24, 2.45) is 0 Å². The Morgan fingerprint density at radius 3 is 2.60 bits per heavy atom. The number of aromatic nitrogens is 1. The summed E-state index contributed by atoms with van der Waals surface area (Å²) < 4.78 is 5.68. The third-order valence-corrected chi connectivity index (χ3v) is 4.43. The topological polar surface area (TPSA) is 45.3 Å². The molecule has 0 saturated heterocycles. The van der Waals surface area contributed by atoms with Gasteiger partial charge in [-0.05, 0) is 37.1 Å². The van der Waals surface area contributed by atoms with Gasteiger partial charge in [-0.15, -0.1) is 0 Å². The van der Waals surface area contributed by atoms with Gasteiger partial charge in [0.1, 0.15) is 5.75 Å². The van der Waals surface area contributed by atoms with Gasteiger partial charge in [0, 0.05) is 30.2 Å². The summed E-state index contributed by atoms with van der Waals surface area (Å²) >= 11 is 0. The van der Waals surface area contributed by atoms with Gasteiger partial charge < -0.3 is 14.6 Å². The summed E-state index contributed by atoms with van der Waals surface area (Å²) in [6.45, 7) is 3.32. The number of benzene rings is 2. The number of para-hydroxylation sites is 2. The molecule has 0 bridgehead atoms. The highest BCUT2D eigenvalue weighted by atomic mass is 16.5. The Kier molecular flexibility index (Phi) is 5.39. The molecule has 4 heteroatoms. The maximum atomic E-state index is 12.5. The average molecular weight is 336 g/mol. The number of carbonyl (C=O) groups excluding carboxylic acids is 1. The Hall–Kier alpha value is -2.75. The molecule has 0 spiro atoms. The number of fused-ring (bicyclic) bond motifs is 1. The van der Waals surface area contributed by atoms with Crippen LogP contribution >= 0.6 is 0 Å². The lowest BCUT2D eigenvalue weighted by atomic mass is 10.1. The first-order valence-electron chi connectivity index (χ1n) is 8.63. The number of rotatable bonds is 7. The average Bonchev–Trinajstić information content (AvgIpc) is 2.95. The monoisotopic (exact) mass is 336 g/mol. The number of likely N-dealkylation sites (N-methyl/N-ethyl adjacent to an activating group) is 1. The molecule has 25 heavy (non-hydrogen) atoms. The van der Waals surface area contributed by atoms with E-state index in [0.717, 1.165) is 34.3 Å². The molecule has 2 aromatic carbocycles. The zero-order chi connectivity index (χ0) is 17.6. The summed E-state index contributed by atoms with van der Waals surface area (Å²) in [6.07, 6.45) is 1.23. The molecule has 0 aliphatic rings. The second-order valence-electron chi connectivity index (χ2n) is 6.28. The van der Waals surface area contributed by atoms with Gasteiger partial charge in [0.2, 0.25) is 5.91 Å². The van der Waals surface area contributed by atoms with Crippen molar-refractivity contribution in [3.8, 4) is 5.75 Å². The van der Waals surface area contributed by atoms with Crippen LogP contribution in [-0.4, -0.2) is 36.0 Å². The molecule has 0 fully saturated rings. The maximum absolute atomic E-state index is 12.5. The molecule has 0 aliphatic heterocycles. The van der Waals surface area contributed by atoms with E-state index in [9.17, 15) is 4.79 Å². The van der Waals surface area contributed by atoms with E-state index in [1.54, 1.807) is 4.90 Å². The van der Waals surface area contributed by atoms with Crippen LogP contribution in [0.15, 0.2) is 54.6 Å². The lowest BCUT2D eigenvalue weighted by molar-refractivity contribution is -0.129. The lowest BCUT2D eigenvalue weighted by Crippen LogP contribution is -2.30. The van der Waals surface area contributed by atoms with Gasteiger partial charge in [-0.25, -0.2) is 0 Å². The Bertz CT molecular complexity index is 839. The van der Waals surface area contributed by atoms with Gasteiger partial charge in [-0.2, -0.15) is 0 Å². The number of hydrogen-bond donors (Lipinski definition) is 1. The van der Waals surface area contributed by atoms with E-state index in [4.69, 9.17) is 4.74 Å². The van der Waals surface area contributed by atoms with Gasteiger partial charge in [-0.3, -0.25) is 4.79 Å². The minimum Gasteiger partial charge on any atom is -0.494 e. The number of aromatic amines is 1. The molecule has 0 saturated carbocycles. The van der Waals surface area contributed by atoms with Crippen molar-refractivity contribution in [3.63, 3.8) is 0 Å². The molecular weight excluding hydrogens is 312 g/mol. The summed E-state index contributed by atoms with van der Waals surface area (Å²) in [5, 5.41) is 1.13. The first kappa shape index (κ1) is 17.1. The molecule has 0 unspecified atom stereocenters. The summed E-state index contributed by atoms with van der Waals surface area (Å²) in [6, 6.07) is 17.9. The number of amides is 1. The molecule has 1 amide bonds. The van der Waals surface area contributed by atoms with Crippen LogP contribution in [0, 0.1) is 6.92 Å². The number of nitrogens with one attached hydrogen (secondary N) is 1. The van der Waals surface area contributed by atoms with Crippen LogP contribution in [-0.2, 0) is 11.2 Å². The highest BCUT2D eigenvalue weighted by Gasteiger charge is 2.15. The van der Waals surface area contributed by atoms with Gasteiger partial charge in [0.05, 0.1) is 13.0 Å². The Labute approximate surface area is 148 Å². The van der Waals surface area contributed by atoms with Crippen LogP contribution in [0.2, 0.25) is 0 Å². The minimum absolute atomic E-state index is 0.132. The molecule has 1 N–H and O–H groups in total. The fourth-order valence-electron chi connectivity index (χ4n) is 2.98. The molecule has 0 atom stereocenters. The Morgan fingerprint density at radius 2 is 1.80 bits per heavy atom. The van der Waals surface area contributed by atoms with Crippen molar-refractivity contribution in [3.05, 3.63) is 65.9 Å². The van der Waals surface area contributed by atoms with Crippen molar-refractivity contribution in [2.45, 2.75) is 19.8 Å². The number of H-pyrrole nitrogens is 1. The standard InChI is InChI=1S/C21H24N2O2/c1-16-19(18-11-6-7-12-20(18)22-16)15-21(24)23(2)13-8-14-25-17-9-4-3-5-10-17/h3-7,9-12,22H,8,13-15H2,1-2H3. The fourth-order valence-corrected chi connectivity index (χ4v) is 2.98. The van der Waals surface area contributed by atoms with Crippen molar-refractivity contribution in [2.75, 3.05) is 20.2 Å². The summed E-state index contributed by atoms with van der Waals surface area (Å²) in [4.78, 5) is 17.7. The highest BCUT2D eigenvalue weighted by Crippen LogP contribution is 2.22.